The second-order valence-corrected chi connectivity index (χ2v) is 3.31. The molecule has 3 aromatic heterocycles. The van der Waals surface area contributed by atoms with Crippen LogP contribution in [0.1, 0.15) is 0 Å². The molecule has 0 saturated heterocycles. The van der Waals surface area contributed by atoms with Crippen molar-refractivity contribution in [2.45, 2.75) is 0 Å². The summed E-state index contributed by atoms with van der Waals surface area (Å²) in [6.45, 7) is 0. The van der Waals surface area contributed by atoms with Crippen molar-refractivity contribution in [3.63, 3.8) is 0 Å². The van der Waals surface area contributed by atoms with Crippen molar-refractivity contribution in [1.29, 1.82) is 0 Å². The van der Waals surface area contributed by atoms with Crippen LogP contribution in [0, 0.1) is 0 Å². The maximum atomic E-state index is 4.36. The Bertz CT molecular complexity index is 569. The Morgan fingerprint density at radius 3 is 2.94 bits per heavy atom. The molecule has 0 spiro atoms. The van der Waals surface area contributed by atoms with Crippen LogP contribution in [-0.4, -0.2) is 19.4 Å². The van der Waals surface area contributed by atoms with Crippen molar-refractivity contribution in [2.24, 2.45) is 0 Å². The molecule has 0 aromatic carbocycles. The summed E-state index contributed by atoms with van der Waals surface area (Å²) in [5, 5.41) is 3.12. The molecule has 78 valence electrons. The molecule has 0 aliphatic rings. The third-order valence-electron chi connectivity index (χ3n) is 2.19. The van der Waals surface area contributed by atoms with E-state index in [-0.39, 0.29) is 0 Å². The fourth-order valence-corrected chi connectivity index (χ4v) is 1.47. The Kier molecular flexibility index (Phi) is 2.00. The van der Waals surface area contributed by atoms with Crippen molar-refractivity contribution >= 4 is 17.3 Å². The number of rotatable bonds is 2. The van der Waals surface area contributed by atoms with Crippen molar-refractivity contribution in [3.05, 3.63) is 49.2 Å². The highest BCUT2D eigenvalue weighted by Crippen LogP contribution is 2.13. The zero-order chi connectivity index (χ0) is 10.8. The molecule has 0 aliphatic carbocycles. The van der Waals surface area contributed by atoms with Crippen LogP contribution in [0.15, 0.2) is 49.2 Å². The maximum absolute atomic E-state index is 4.36. The van der Waals surface area contributed by atoms with Gasteiger partial charge in [0.05, 0.1) is 12.4 Å². The van der Waals surface area contributed by atoms with E-state index in [0.717, 1.165) is 17.3 Å². The summed E-state index contributed by atoms with van der Waals surface area (Å²) in [6.07, 6.45) is 8.92. The second-order valence-electron chi connectivity index (χ2n) is 3.31. The van der Waals surface area contributed by atoms with E-state index >= 15 is 0 Å². The number of hydrogen-bond acceptors (Lipinski definition) is 4. The molecule has 1 N–H and O–H groups in total. The lowest BCUT2D eigenvalue weighted by Crippen LogP contribution is -1.91. The van der Waals surface area contributed by atoms with Crippen molar-refractivity contribution < 1.29 is 0 Å². The molecule has 0 unspecified atom stereocenters. The number of nitrogens with one attached hydrogen (secondary N) is 1. The molecule has 0 aliphatic heterocycles. The summed E-state index contributed by atoms with van der Waals surface area (Å²) >= 11 is 0. The maximum Gasteiger partial charge on any atom is 0.157 e. The highest BCUT2D eigenvalue weighted by molar-refractivity contribution is 5.55. The molecule has 0 atom stereocenters. The second kappa shape index (κ2) is 3.62. The fourth-order valence-electron chi connectivity index (χ4n) is 1.47. The molecular weight excluding hydrogens is 202 g/mol. The van der Waals surface area contributed by atoms with Gasteiger partial charge in [0.25, 0.3) is 0 Å². The normalized spacial score (nSPS) is 10.5. The number of fused-ring (bicyclic) bond motifs is 1. The van der Waals surface area contributed by atoms with E-state index in [1.807, 2.05) is 35.0 Å². The van der Waals surface area contributed by atoms with Gasteiger partial charge in [-0.25, -0.2) is 9.97 Å². The van der Waals surface area contributed by atoms with E-state index in [4.69, 9.17) is 0 Å². The molecule has 0 radical (unpaired) electrons. The fraction of sp³-hybridized carbons (Fsp3) is 0. The first-order chi connectivity index (χ1) is 7.92. The van der Waals surface area contributed by atoms with E-state index in [1.54, 1.807) is 18.6 Å². The van der Waals surface area contributed by atoms with Crippen molar-refractivity contribution in [2.75, 3.05) is 5.32 Å². The topological polar surface area (TPSA) is 55.1 Å². The summed E-state index contributed by atoms with van der Waals surface area (Å²) in [6, 6.07) is 5.69. The number of imidazole rings is 1. The number of nitrogens with zero attached hydrogens (tertiary/aromatic N) is 4. The smallest absolute Gasteiger partial charge is 0.157 e. The lowest BCUT2D eigenvalue weighted by Gasteiger charge is -1.98. The first kappa shape index (κ1) is 8.84. The van der Waals surface area contributed by atoms with Gasteiger partial charge in [-0.2, -0.15) is 0 Å². The minimum absolute atomic E-state index is 0.756. The van der Waals surface area contributed by atoms with Gasteiger partial charge in [-0.3, -0.25) is 4.98 Å². The van der Waals surface area contributed by atoms with Crippen molar-refractivity contribution in [3.8, 4) is 0 Å². The lowest BCUT2D eigenvalue weighted by molar-refractivity contribution is 1.13. The van der Waals surface area contributed by atoms with Crippen LogP contribution >= 0.6 is 0 Å². The first-order valence-corrected chi connectivity index (χ1v) is 4.88. The number of anilines is 2. The van der Waals surface area contributed by atoms with Crippen LogP contribution in [0.5, 0.6) is 0 Å². The average Bonchev–Trinajstić information content (AvgIpc) is 2.72. The van der Waals surface area contributed by atoms with Gasteiger partial charge in [-0.1, -0.05) is 6.07 Å². The summed E-state index contributed by atoms with van der Waals surface area (Å²) in [7, 11) is 0. The minimum Gasteiger partial charge on any atom is -0.324 e. The molecule has 3 aromatic rings. The monoisotopic (exact) mass is 211 g/mol. The van der Waals surface area contributed by atoms with Crippen LogP contribution in [0.4, 0.5) is 11.6 Å². The Morgan fingerprint density at radius 2 is 2.12 bits per heavy atom. The molecule has 5 nitrogen and oxygen atoms in total. The highest BCUT2D eigenvalue weighted by atomic mass is 15.1. The van der Waals surface area contributed by atoms with Gasteiger partial charge >= 0.3 is 0 Å². The Morgan fingerprint density at radius 1 is 1.12 bits per heavy atom. The molecule has 3 rings (SSSR count). The molecule has 16 heavy (non-hydrogen) atoms. The molecule has 0 bridgehead atoms. The zero-order valence-electron chi connectivity index (χ0n) is 8.41. The minimum atomic E-state index is 0.756. The Hall–Kier alpha value is -2.43. The standard InChI is InChI=1S/C11H9N5/c1-2-4-13-9(3-1)14-10-8-16-6-5-12-7-11(16)15-10/h1-8H,(H,13,14). The number of pyridine rings is 1. The summed E-state index contributed by atoms with van der Waals surface area (Å²) in [4.78, 5) is 12.5. The van der Waals surface area contributed by atoms with E-state index in [0.29, 0.717) is 0 Å². The quantitative estimate of drug-likeness (QED) is 0.703. The van der Waals surface area contributed by atoms with E-state index in [2.05, 4.69) is 20.3 Å². The van der Waals surface area contributed by atoms with Gasteiger partial charge in [0, 0.05) is 18.6 Å². The van der Waals surface area contributed by atoms with Gasteiger partial charge < -0.3 is 9.72 Å². The third kappa shape index (κ3) is 1.58. The Labute approximate surface area is 91.8 Å². The van der Waals surface area contributed by atoms with Crippen LogP contribution in [0.2, 0.25) is 0 Å². The predicted molar refractivity (Wildman–Crippen MR) is 60.5 cm³/mol. The molecule has 0 amide bonds. The highest BCUT2D eigenvalue weighted by Gasteiger charge is 2.01. The van der Waals surface area contributed by atoms with Crippen LogP contribution in [0.3, 0.4) is 0 Å². The predicted octanol–water partition coefficient (Wildman–Crippen LogP) is 1.87. The van der Waals surface area contributed by atoms with E-state index < -0.39 is 0 Å². The summed E-state index contributed by atoms with van der Waals surface area (Å²) < 4.78 is 1.90. The van der Waals surface area contributed by atoms with Gasteiger partial charge in [0.1, 0.15) is 5.82 Å². The molecule has 3 heterocycles. The number of aromatic nitrogens is 4. The Balaban J connectivity index is 1.95. The largest absolute Gasteiger partial charge is 0.324 e. The molecule has 0 fully saturated rings. The van der Waals surface area contributed by atoms with Crippen LogP contribution in [-0.2, 0) is 0 Å². The first-order valence-electron chi connectivity index (χ1n) is 4.88. The van der Waals surface area contributed by atoms with Crippen LogP contribution < -0.4 is 5.32 Å². The number of hydrogen-bond donors (Lipinski definition) is 1. The van der Waals surface area contributed by atoms with Crippen LogP contribution in [0.25, 0.3) is 5.65 Å². The van der Waals surface area contributed by atoms with E-state index in [1.165, 1.54) is 0 Å². The molecule has 5 heteroatoms. The third-order valence-corrected chi connectivity index (χ3v) is 2.19. The molecular formula is C11H9N5. The van der Waals surface area contributed by atoms with E-state index in [9.17, 15) is 0 Å². The zero-order valence-corrected chi connectivity index (χ0v) is 8.41. The van der Waals surface area contributed by atoms with Gasteiger partial charge in [-0.05, 0) is 12.1 Å². The summed E-state index contributed by atoms with van der Waals surface area (Å²) in [5.74, 6) is 1.53. The van der Waals surface area contributed by atoms with Gasteiger partial charge in [0.15, 0.2) is 11.5 Å². The summed E-state index contributed by atoms with van der Waals surface area (Å²) in [5.41, 5.74) is 0.806. The van der Waals surface area contributed by atoms with Crippen molar-refractivity contribution in [1.82, 2.24) is 19.4 Å². The molecule has 0 saturated carbocycles. The van der Waals surface area contributed by atoms with Gasteiger partial charge in [0.2, 0.25) is 0 Å². The lowest BCUT2D eigenvalue weighted by atomic mass is 10.4. The van der Waals surface area contributed by atoms with Gasteiger partial charge in [-0.15, -0.1) is 0 Å². The SMILES string of the molecule is c1ccc(Nc2cn3ccncc3n2)nc1. The average molecular weight is 211 g/mol.